The molecule has 0 amide bonds. The zero-order valence-corrected chi connectivity index (χ0v) is 7.77. The molecule has 0 bridgehead atoms. The molecule has 0 heterocycles. The second kappa shape index (κ2) is 4.41. The summed E-state index contributed by atoms with van der Waals surface area (Å²) in [7, 11) is 1.36. The first-order valence-corrected chi connectivity index (χ1v) is 3.91. The molecule has 1 aromatic carbocycles. The Kier molecular flexibility index (Phi) is 3.48. The summed E-state index contributed by atoms with van der Waals surface area (Å²) in [4.78, 5) is 4.38. The predicted octanol–water partition coefficient (Wildman–Crippen LogP) is 1.88. The number of hydrogen-bond donors (Lipinski definition) is 1. The molecular formula is C8H9ClFNO2. The van der Waals surface area contributed by atoms with Crippen molar-refractivity contribution in [1.29, 1.82) is 0 Å². The van der Waals surface area contributed by atoms with Crippen molar-refractivity contribution in [1.82, 2.24) is 0 Å². The van der Waals surface area contributed by atoms with E-state index in [9.17, 15) is 4.39 Å². The fraction of sp³-hybridized carbons (Fsp3) is 0.250. The molecule has 0 unspecified atom stereocenters. The molecule has 1 aromatic rings. The largest absolute Gasteiger partial charge is 0.493 e. The van der Waals surface area contributed by atoms with Crippen molar-refractivity contribution in [2.24, 2.45) is 5.90 Å². The van der Waals surface area contributed by atoms with Crippen LogP contribution in [0.2, 0.25) is 5.02 Å². The molecule has 0 radical (unpaired) electrons. The van der Waals surface area contributed by atoms with E-state index in [1.165, 1.54) is 19.2 Å². The Morgan fingerprint density at radius 3 is 2.77 bits per heavy atom. The van der Waals surface area contributed by atoms with Gasteiger partial charge in [0.1, 0.15) is 0 Å². The van der Waals surface area contributed by atoms with Crippen molar-refractivity contribution in [2.45, 2.75) is 6.61 Å². The summed E-state index contributed by atoms with van der Waals surface area (Å²) in [6.45, 7) is 0.0137. The zero-order chi connectivity index (χ0) is 9.84. The molecule has 1 rings (SSSR count). The normalized spacial score (nSPS) is 10.2. The molecule has 5 heteroatoms. The summed E-state index contributed by atoms with van der Waals surface area (Å²) in [6, 6.07) is 2.65. The maximum Gasteiger partial charge on any atom is 0.165 e. The monoisotopic (exact) mass is 205 g/mol. The molecule has 0 saturated carbocycles. The number of rotatable bonds is 3. The van der Waals surface area contributed by atoms with Crippen molar-refractivity contribution >= 4 is 11.6 Å². The average molecular weight is 206 g/mol. The van der Waals surface area contributed by atoms with Gasteiger partial charge in [0.25, 0.3) is 0 Å². The van der Waals surface area contributed by atoms with Gasteiger partial charge in [0.2, 0.25) is 0 Å². The highest BCUT2D eigenvalue weighted by Gasteiger charge is 2.12. The van der Waals surface area contributed by atoms with Gasteiger partial charge in [0.15, 0.2) is 11.6 Å². The van der Waals surface area contributed by atoms with Crippen LogP contribution in [0.15, 0.2) is 12.1 Å². The molecule has 0 aliphatic rings. The fourth-order valence-electron chi connectivity index (χ4n) is 1.01. The van der Waals surface area contributed by atoms with Crippen molar-refractivity contribution < 1.29 is 14.0 Å². The van der Waals surface area contributed by atoms with Crippen LogP contribution < -0.4 is 10.6 Å². The van der Waals surface area contributed by atoms with Crippen molar-refractivity contribution in [3.63, 3.8) is 0 Å². The third-order valence-electron chi connectivity index (χ3n) is 1.59. The van der Waals surface area contributed by atoms with E-state index >= 15 is 0 Å². The lowest BCUT2D eigenvalue weighted by Crippen LogP contribution is -2.03. The number of halogens is 2. The summed E-state index contributed by atoms with van der Waals surface area (Å²) in [6.07, 6.45) is 0. The van der Waals surface area contributed by atoms with Crippen LogP contribution >= 0.6 is 11.6 Å². The van der Waals surface area contributed by atoms with Crippen LogP contribution in [0.3, 0.4) is 0 Å². The smallest absolute Gasteiger partial charge is 0.165 e. The molecule has 3 nitrogen and oxygen atoms in total. The second-order valence-electron chi connectivity index (χ2n) is 2.35. The van der Waals surface area contributed by atoms with E-state index in [1.54, 1.807) is 0 Å². The van der Waals surface area contributed by atoms with Crippen LogP contribution in [0, 0.1) is 5.82 Å². The van der Waals surface area contributed by atoms with Gasteiger partial charge in [0.05, 0.1) is 18.7 Å². The highest BCUT2D eigenvalue weighted by Crippen LogP contribution is 2.29. The van der Waals surface area contributed by atoms with E-state index in [4.69, 9.17) is 22.2 Å². The minimum Gasteiger partial charge on any atom is -0.493 e. The molecule has 0 atom stereocenters. The Bertz CT molecular complexity index is 306. The van der Waals surface area contributed by atoms with Gasteiger partial charge in [-0.05, 0) is 12.1 Å². The molecule has 0 aromatic heterocycles. The maximum absolute atomic E-state index is 13.1. The Balaban J connectivity index is 3.18. The average Bonchev–Trinajstić information content (AvgIpc) is 2.12. The van der Waals surface area contributed by atoms with Crippen molar-refractivity contribution in [2.75, 3.05) is 7.11 Å². The molecule has 0 saturated heterocycles. The zero-order valence-electron chi connectivity index (χ0n) is 7.01. The predicted molar refractivity (Wildman–Crippen MR) is 46.9 cm³/mol. The van der Waals surface area contributed by atoms with Crippen LogP contribution in [0.1, 0.15) is 5.56 Å². The molecule has 0 aliphatic heterocycles. The van der Waals surface area contributed by atoms with E-state index in [0.717, 1.165) is 0 Å². The summed E-state index contributed by atoms with van der Waals surface area (Å²) < 4.78 is 17.9. The molecule has 0 spiro atoms. The minimum atomic E-state index is -0.487. The van der Waals surface area contributed by atoms with Crippen molar-refractivity contribution in [3.05, 3.63) is 28.5 Å². The van der Waals surface area contributed by atoms with E-state index in [-0.39, 0.29) is 12.4 Å². The van der Waals surface area contributed by atoms with Gasteiger partial charge in [0, 0.05) is 5.56 Å². The quantitative estimate of drug-likeness (QED) is 0.767. The van der Waals surface area contributed by atoms with E-state index in [2.05, 4.69) is 4.84 Å². The second-order valence-corrected chi connectivity index (χ2v) is 2.76. The van der Waals surface area contributed by atoms with Crippen LogP contribution in [0.5, 0.6) is 5.75 Å². The third kappa shape index (κ3) is 2.09. The first-order chi connectivity index (χ1) is 6.20. The Hall–Kier alpha value is -0.840. The number of nitrogens with two attached hydrogens (primary N) is 1. The number of benzene rings is 1. The molecule has 2 N–H and O–H groups in total. The summed E-state index contributed by atoms with van der Waals surface area (Å²) >= 11 is 5.78. The van der Waals surface area contributed by atoms with Crippen molar-refractivity contribution in [3.8, 4) is 5.75 Å². The molecule has 13 heavy (non-hydrogen) atoms. The summed E-state index contributed by atoms with van der Waals surface area (Å²) in [5.41, 5.74) is 0.409. The van der Waals surface area contributed by atoms with Crippen LogP contribution in [0.4, 0.5) is 4.39 Å². The Labute approximate surface area is 80.2 Å². The summed E-state index contributed by atoms with van der Waals surface area (Å²) in [5, 5.41) is 0.365. The highest BCUT2D eigenvalue weighted by atomic mass is 35.5. The lowest BCUT2D eigenvalue weighted by Gasteiger charge is -2.09. The first kappa shape index (κ1) is 10.2. The lowest BCUT2D eigenvalue weighted by molar-refractivity contribution is 0.121. The van der Waals surface area contributed by atoms with E-state index < -0.39 is 5.82 Å². The molecular weight excluding hydrogens is 197 g/mol. The van der Waals surface area contributed by atoms with Gasteiger partial charge in [-0.25, -0.2) is 10.3 Å². The Morgan fingerprint density at radius 2 is 2.23 bits per heavy atom. The van der Waals surface area contributed by atoms with E-state index in [1.807, 2.05) is 0 Å². The van der Waals surface area contributed by atoms with Gasteiger partial charge < -0.3 is 4.74 Å². The molecule has 0 fully saturated rings. The minimum absolute atomic E-state index is 0.0137. The van der Waals surface area contributed by atoms with Crippen LogP contribution in [0.25, 0.3) is 0 Å². The van der Waals surface area contributed by atoms with Gasteiger partial charge in [-0.2, -0.15) is 0 Å². The van der Waals surface area contributed by atoms with Gasteiger partial charge >= 0.3 is 0 Å². The SMILES string of the molecule is COc1c(F)ccc(Cl)c1CON. The maximum atomic E-state index is 13.1. The van der Waals surface area contributed by atoms with Crippen LogP contribution in [-0.2, 0) is 11.4 Å². The highest BCUT2D eigenvalue weighted by molar-refractivity contribution is 6.31. The molecule has 0 aliphatic carbocycles. The number of methoxy groups -OCH3 is 1. The topological polar surface area (TPSA) is 44.5 Å². The number of hydrogen-bond acceptors (Lipinski definition) is 3. The van der Waals surface area contributed by atoms with E-state index in [0.29, 0.717) is 10.6 Å². The third-order valence-corrected chi connectivity index (χ3v) is 1.94. The van der Waals surface area contributed by atoms with Crippen LogP contribution in [-0.4, -0.2) is 7.11 Å². The van der Waals surface area contributed by atoms with Gasteiger partial charge in [-0.3, -0.25) is 4.84 Å². The molecule has 72 valence electrons. The lowest BCUT2D eigenvalue weighted by atomic mass is 10.2. The van der Waals surface area contributed by atoms with Gasteiger partial charge in [-0.1, -0.05) is 11.6 Å². The number of ether oxygens (including phenoxy) is 1. The fourth-order valence-corrected chi connectivity index (χ4v) is 1.22. The standard InChI is InChI=1S/C8H9ClFNO2/c1-12-8-5(4-13-11)6(9)2-3-7(8)10/h2-3H,4,11H2,1H3. The van der Waals surface area contributed by atoms with Gasteiger partial charge in [-0.15, -0.1) is 0 Å². The first-order valence-electron chi connectivity index (χ1n) is 3.53. The Morgan fingerprint density at radius 1 is 1.54 bits per heavy atom. The summed E-state index contributed by atoms with van der Waals surface area (Å²) in [5.74, 6) is 4.45.